The minimum absolute atomic E-state index is 0.0840. The van der Waals surface area contributed by atoms with Crippen LogP contribution in [0.3, 0.4) is 0 Å². The molecule has 0 spiro atoms. The summed E-state index contributed by atoms with van der Waals surface area (Å²) in [6.07, 6.45) is -0.761. The van der Waals surface area contributed by atoms with Crippen molar-refractivity contribution in [1.29, 1.82) is 0 Å². The highest BCUT2D eigenvalue weighted by molar-refractivity contribution is 6.74. The van der Waals surface area contributed by atoms with E-state index in [4.69, 9.17) is 9.42 Å². The van der Waals surface area contributed by atoms with Crippen LogP contribution in [0.4, 0.5) is 0 Å². The van der Waals surface area contributed by atoms with Crippen molar-refractivity contribution in [1.82, 2.24) is 0 Å². The zero-order valence-corrected chi connectivity index (χ0v) is 20.8. The molecule has 0 unspecified atom stereocenters. The number of benzene rings is 3. The van der Waals surface area contributed by atoms with Gasteiger partial charge in [0.15, 0.2) is 8.32 Å². The van der Waals surface area contributed by atoms with Crippen LogP contribution in [-0.2, 0) is 4.43 Å². The van der Waals surface area contributed by atoms with Gasteiger partial charge < -0.3 is 9.53 Å². The van der Waals surface area contributed by atoms with E-state index in [1.54, 1.807) is 0 Å². The summed E-state index contributed by atoms with van der Waals surface area (Å²) in [6, 6.07) is 29.6. The lowest BCUT2D eigenvalue weighted by molar-refractivity contribution is 0.113. The van der Waals surface area contributed by atoms with Crippen LogP contribution in [0.5, 0.6) is 0 Å². The molecule has 0 saturated carbocycles. The number of aliphatic hydroxyl groups excluding tert-OH is 1. The summed E-state index contributed by atoms with van der Waals surface area (Å²) in [6.45, 7) is 11.5. The minimum atomic E-state index is -2.00. The largest absolute Gasteiger partial charge is 0.415 e. The van der Waals surface area contributed by atoms with E-state index < -0.39 is 20.5 Å². The number of hydrogen-bond acceptors (Lipinski definition) is 3. The normalized spacial score (nSPS) is 13.9. The highest BCUT2D eigenvalue weighted by Crippen LogP contribution is 2.37. The average molecular weight is 446 g/mol. The second-order valence-corrected chi connectivity index (χ2v) is 14.5. The molecule has 3 aromatic carbocycles. The zero-order chi connectivity index (χ0) is 23.2. The van der Waals surface area contributed by atoms with Gasteiger partial charge in [0, 0.05) is 11.1 Å². The van der Waals surface area contributed by atoms with Gasteiger partial charge in [-0.1, -0.05) is 112 Å². The summed E-state index contributed by atoms with van der Waals surface area (Å²) in [5.74, 6) is 0. The molecule has 32 heavy (non-hydrogen) atoms. The number of aliphatic imine (C=N–C) groups is 1. The summed E-state index contributed by atoms with van der Waals surface area (Å²) in [5, 5.41) is 11.4. The van der Waals surface area contributed by atoms with Gasteiger partial charge in [-0.2, -0.15) is 0 Å². The van der Waals surface area contributed by atoms with Crippen molar-refractivity contribution in [3.8, 4) is 0 Å². The Balaban J connectivity index is 2.04. The molecule has 0 aromatic heterocycles. The van der Waals surface area contributed by atoms with Crippen LogP contribution in [0, 0.1) is 0 Å². The number of hydrogen-bond donors (Lipinski definition) is 1. The fourth-order valence-corrected chi connectivity index (χ4v) is 4.28. The molecule has 0 aliphatic carbocycles. The Morgan fingerprint density at radius 2 is 1.25 bits per heavy atom. The highest BCUT2D eigenvalue weighted by atomic mass is 28.4. The van der Waals surface area contributed by atoms with Crippen molar-refractivity contribution in [2.75, 3.05) is 6.61 Å². The van der Waals surface area contributed by atoms with Gasteiger partial charge in [0.05, 0.1) is 12.3 Å². The number of rotatable bonds is 8. The summed E-state index contributed by atoms with van der Waals surface area (Å²) >= 11 is 0. The topological polar surface area (TPSA) is 41.8 Å². The van der Waals surface area contributed by atoms with E-state index in [0.29, 0.717) is 6.61 Å². The lowest BCUT2D eigenvalue weighted by Crippen LogP contribution is -2.43. The molecule has 0 saturated heterocycles. The predicted molar refractivity (Wildman–Crippen MR) is 137 cm³/mol. The van der Waals surface area contributed by atoms with Crippen molar-refractivity contribution < 1.29 is 9.53 Å². The monoisotopic (exact) mass is 445 g/mol. The molecule has 4 heteroatoms. The quantitative estimate of drug-likeness (QED) is 0.312. The van der Waals surface area contributed by atoms with E-state index in [-0.39, 0.29) is 5.04 Å². The van der Waals surface area contributed by atoms with Crippen LogP contribution < -0.4 is 0 Å². The highest BCUT2D eigenvalue weighted by Gasteiger charge is 2.38. The van der Waals surface area contributed by atoms with E-state index in [1.807, 2.05) is 66.7 Å². The predicted octanol–water partition coefficient (Wildman–Crippen LogP) is 6.65. The van der Waals surface area contributed by atoms with Crippen LogP contribution in [0.15, 0.2) is 96.0 Å². The maximum atomic E-state index is 11.4. The molecular weight excluding hydrogens is 410 g/mol. The molecule has 0 aliphatic heterocycles. The van der Waals surface area contributed by atoms with Gasteiger partial charge in [-0.25, -0.2) is 0 Å². The SMILES string of the molecule is CC(C)(C)[Si](C)(C)OC[C@H](N=C(c1ccccc1)c1ccccc1)[C@@H](O)c1ccccc1. The maximum absolute atomic E-state index is 11.4. The first-order valence-electron chi connectivity index (χ1n) is 11.2. The Bertz CT molecular complexity index is 954. The molecular formula is C28H35NO2Si. The van der Waals surface area contributed by atoms with Gasteiger partial charge in [-0.3, -0.25) is 4.99 Å². The van der Waals surface area contributed by atoms with Crippen molar-refractivity contribution in [2.24, 2.45) is 4.99 Å². The van der Waals surface area contributed by atoms with Crippen molar-refractivity contribution in [3.05, 3.63) is 108 Å². The molecule has 0 aliphatic rings. The van der Waals surface area contributed by atoms with E-state index >= 15 is 0 Å². The van der Waals surface area contributed by atoms with Crippen molar-refractivity contribution >= 4 is 14.0 Å². The Morgan fingerprint density at radius 1 is 0.812 bits per heavy atom. The zero-order valence-electron chi connectivity index (χ0n) is 19.8. The van der Waals surface area contributed by atoms with E-state index in [0.717, 1.165) is 22.4 Å². The van der Waals surface area contributed by atoms with Gasteiger partial charge in [0.25, 0.3) is 0 Å². The lowest BCUT2D eigenvalue weighted by atomic mass is 9.99. The van der Waals surface area contributed by atoms with E-state index in [2.05, 4.69) is 58.1 Å². The standard InChI is InChI=1S/C28H35NO2Si/c1-28(2,3)32(4,5)31-21-25(27(30)24-19-13-8-14-20-24)29-26(22-15-9-6-10-16-22)23-17-11-7-12-18-23/h6-20,25,27,30H,21H2,1-5H3/t25-,27-/m0/s1. The molecule has 0 bridgehead atoms. The summed E-state index contributed by atoms with van der Waals surface area (Å²) in [4.78, 5) is 5.14. The van der Waals surface area contributed by atoms with Crippen LogP contribution in [-0.4, -0.2) is 31.8 Å². The average Bonchev–Trinajstić information content (AvgIpc) is 2.80. The summed E-state index contributed by atoms with van der Waals surface area (Å²) < 4.78 is 6.54. The van der Waals surface area contributed by atoms with Gasteiger partial charge in [-0.05, 0) is 23.7 Å². The van der Waals surface area contributed by atoms with E-state index in [9.17, 15) is 5.11 Å². The second-order valence-electron chi connectivity index (χ2n) is 9.70. The van der Waals surface area contributed by atoms with Crippen molar-refractivity contribution in [2.45, 2.75) is 51.0 Å². The van der Waals surface area contributed by atoms with Crippen LogP contribution >= 0.6 is 0 Å². The number of nitrogens with zero attached hydrogens (tertiary/aromatic N) is 1. The fourth-order valence-electron chi connectivity index (χ4n) is 3.26. The molecule has 2 atom stereocenters. The first kappa shape index (κ1) is 24.1. The Hall–Kier alpha value is -2.53. The first-order valence-corrected chi connectivity index (χ1v) is 14.2. The smallest absolute Gasteiger partial charge is 0.192 e. The maximum Gasteiger partial charge on any atom is 0.192 e. The van der Waals surface area contributed by atoms with Crippen LogP contribution in [0.25, 0.3) is 0 Å². The molecule has 0 fully saturated rings. The molecule has 3 nitrogen and oxygen atoms in total. The van der Waals surface area contributed by atoms with E-state index in [1.165, 1.54) is 0 Å². The summed E-state index contributed by atoms with van der Waals surface area (Å²) in [7, 11) is -2.00. The van der Waals surface area contributed by atoms with Gasteiger partial charge in [0.1, 0.15) is 12.1 Å². The molecule has 0 amide bonds. The van der Waals surface area contributed by atoms with Crippen LogP contribution in [0.2, 0.25) is 18.1 Å². The second kappa shape index (κ2) is 10.4. The Kier molecular flexibility index (Phi) is 7.83. The first-order chi connectivity index (χ1) is 15.2. The molecule has 0 radical (unpaired) electrons. The van der Waals surface area contributed by atoms with Crippen LogP contribution in [0.1, 0.15) is 43.6 Å². The lowest BCUT2D eigenvalue weighted by Gasteiger charge is -2.37. The third-order valence-corrected chi connectivity index (χ3v) is 10.8. The van der Waals surface area contributed by atoms with Gasteiger partial charge in [0.2, 0.25) is 0 Å². The van der Waals surface area contributed by atoms with Crippen molar-refractivity contribution in [3.63, 3.8) is 0 Å². The Morgan fingerprint density at radius 3 is 1.69 bits per heavy atom. The molecule has 0 heterocycles. The summed E-state index contributed by atoms with van der Waals surface area (Å²) in [5.41, 5.74) is 3.76. The minimum Gasteiger partial charge on any atom is -0.415 e. The molecule has 3 rings (SSSR count). The van der Waals surface area contributed by atoms with Gasteiger partial charge in [-0.15, -0.1) is 0 Å². The third-order valence-electron chi connectivity index (χ3n) is 6.32. The molecule has 168 valence electrons. The molecule has 3 aromatic rings. The fraction of sp³-hybridized carbons (Fsp3) is 0.321. The van der Waals surface area contributed by atoms with Gasteiger partial charge >= 0.3 is 0 Å². The Labute approximate surface area is 194 Å². The third kappa shape index (κ3) is 6.03. The number of aliphatic hydroxyl groups is 1. The molecule has 1 N–H and O–H groups in total.